The molecule has 0 spiro atoms. The molecule has 0 saturated heterocycles. The summed E-state index contributed by atoms with van der Waals surface area (Å²) in [6, 6.07) is 7.02. The smallest absolute Gasteiger partial charge is 0.124 e. The molecule has 66 valence electrons. The maximum absolute atomic E-state index is 10.3. The Bertz CT molecular complexity index is 352. The summed E-state index contributed by atoms with van der Waals surface area (Å²) in [7, 11) is 1.54. The molecule has 3 nitrogen and oxygen atoms in total. The lowest BCUT2D eigenvalue weighted by Gasteiger charge is -2.04. The van der Waals surface area contributed by atoms with Crippen LogP contribution in [0.25, 0.3) is 0 Å². The van der Waals surface area contributed by atoms with Gasteiger partial charge in [-0.2, -0.15) is 5.26 Å². The van der Waals surface area contributed by atoms with Crippen LogP contribution < -0.4 is 4.74 Å². The molecule has 0 amide bonds. The summed E-state index contributed by atoms with van der Waals surface area (Å²) in [5.74, 6) is 0.645. The maximum Gasteiger partial charge on any atom is 0.124 e. The third kappa shape index (κ3) is 2.06. The molecule has 0 atom stereocenters. The van der Waals surface area contributed by atoms with E-state index in [-0.39, 0.29) is 6.42 Å². The van der Waals surface area contributed by atoms with Crippen LogP contribution in [0.1, 0.15) is 11.1 Å². The largest absolute Gasteiger partial charge is 0.496 e. The molecule has 13 heavy (non-hydrogen) atoms. The van der Waals surface area contributed by atoms with Crippen molar-refractivity contribution in [2.24, 2.45) is 0 Å². The number of carbonyl (C=O) groups excluding carboxylic acids is 1. The van der Waals surface area contributed by atoms with Gasteiger partial charge in [0.25, 0.3) is 0 Å². The summed E-state index contributed by atoms with van der Waals surface area (Å²) < 4.78 is 5.03. The zero-order chi connectivity index (χ0) is 9.68. The molecule has 0 aliphatic heterocycles. The molecule has 0 N–H and O–H groups in total. The molecule has 1 aromatic rings. The topological polar surface area (TPSA) is 50.1 Å². The van der Waals surface area contributed by atoms with Crippen LogP contribution >= 0.6 is 0 Å². The van der Waals surface area contributed by atoms with E-state index in [1.807, 2.05) is 6.07 Å². The molecule has 1 rings (SSSR count). The fraction of sp³-hybridized carbons (Fsp3) is 0.200. The number of nitrogens with zero attached hydrogens (tertiary/aromatic N) is 1. The Labute approximate surface area is 76.6 Å². The van der Waals surface area contributed by atoms with Crippen LogP contribution in [0.2, 0.25) is 0 Å². The van der Waals surface area contributed by atoms with Gasteiger partial charge in [-0.1, -0.05) is 0 Å². The first kappa shape index (κ1) is 9.27. The number of carbonyl (C=O) groups is 1. The van der Waals surface area contributed by atoms with Crippen molar-refractivity contribution in [3.05, 3.63) is 29.3 Å². The van der Waals surface area contributed by atoms with Gasteiger partial charge < -0.3 is 9.53 Å². The number of benzene rings is 1. The zero-order valence-corrected chi connectivity index (χ0v) is 7.28. The lowest BCUT2D eigenvalue weighted by molar-refractivity contribution is -0.107. The van der Waals surface area contributed by atoms with Crippen LogP contribution in [-0.4, -0.2) is 13.4 Å². The van der Waals surface area contributed by atoms with Gasteiger partial charge >= 0.3 is 0 Å². The van der Waals surface area contributed by atoms with Gasteiger partial charge in [0.15, 0.2) is 0 Å². The summed E-state index contributed by atoms with van der Waals surface area (Å²) in [5, 5.41) is 8.61. The normalized spacial score (nSPS) is 8.92. The highest BCUT2D eigenvalue weighted by Crippen LogP contribution is 2.19. The fourth-order valence-corrected chi connectivity index (χ4v) is 1.10. The quantitative estimate of drug-likeness (QED) is 0.651. The molecule has 0 bridgehead atoms. The Morgan fingerprint density at radius 2 is 2.38 bits per heavy atom. The van der Waals surface area contributed by atoms with Gasteiger partial charge in [-0.05, 0) is 18.2 Å². The first-order chi connectivity index (χ1) is 6.31. The van der Waals surface area contributed by atoms with Gasteiger partial charge in [0.1, 0.15) is 12.0 Å². The molecule has 0 aliphatic carbocycles. The summed E-state index contributed by atoms with van der Waals surface area (Å²) in [5.41, 5.74) is 1.29. The Balaban J connectivity index is 3.11. The van der Waals surface area contributed by atoms with Gasteiger partial charge in [0.2, 0.25) is 0 Å². The minimum atomic E-state index is 0.276. The molecule has 0 heterocycles. The maximum atomic E-state index is 10.3. The van der Waals surface area contributed by atoms with E-state index in [0.29, 0.717) is 11.3 Å². The summed E-state index contributed by atoms with van der Waals surface area (Å²) in [6.07, 6.45) is 1.07. The van der Waals surface area contributed by atoms with E-state index in [9.17, 15) is 4.79 Å². The third-order valence-electron chi connectivity index (χ3n) is 1.71. The number of methoxy groups -OCH3 is 1. The molecule has 0 unspecified atom stereocenters. The van der Waals surface area contributed by atoms with E-state index in [2.05, 4.69) is 0 Å². The van der Waals surface area contributed by atoms with E-state index in [1.165, 1.54) is 7.11 Å². The van der Waals surface area contributed by atoms with Crippen LogP contribution in [0, 0.1) is 11.3 Å². The predicted molar refractivity (Wildman–Crippen MR) is 47.5 cm³/mol. The molecule has 0 saturated carbocycles. The fourth-order valence-electron chi connectivity index (χ4n) is 1.10. The first-order valence-electron chi connectivity index (χ1n) is 3.82. The summed E-state index contributed by atoms with van der Waals surface area (Å²) >= 11 is 0. The number of aldehydes is 1. The molecule has 0 radical (unpaired) electrons. The summed E-state index contributed by atoms with van der Waals surface area (Å²) in [6.45, 7) is 0. The highest BCUT2D eigenvalue weighted by Gasteiger charge is 2.02. The van der Waals surface area contributed by atoms with Crippen LogP contribution in [0.4, 0.5) is 0 Å². The van der Waals surface area contributed by atoms with Crippen LogP contribution in [0.3, 0.4) is 0 Å². The van der Waals surface area contributed by atoms with Crippen molar-refractivity contribution in [1.29, 1.82) is 5.26 Å². The highest BCUT2D eigenvalue weighted by atomic mass is 16.5. The van der Waals surface area contributed by atoms with Crippen molar-refractivity contribution < 1.29 is 9.53 Å². The average molecular weight is 175 g/mol. The molecule has 3 heteroatoms. The van der Waals surface area contributed by atoms with Crippen molar-refractivity contribution in [3.8, 4) is 11.8 Å². The number of rotatable bonds is 3. The Kier molecular flexibility index (Phi) is 3.04. The second-order valence-corrected chi connectivity index (χ2v) is 2.51. The van der Waals surface area contributed by atoms with Crippen molar-refractivity contribution in [3.63, 3.8) is 0 Å². The van der Waals surface area contributed by atoms with Crippen LogP contribution in [0.5, 0.6) is 5.75 Å². The van der Waals surface area contributed by atoms with Crippen molar-refractivity contribution >= 4 is 6.29 Å². The van der Waals surface area contributed by atoms with Gasteiger partial charge in [-0.3, -0.25) is 0 Å². The predicted octanol–water partition coefficient (Wildman–Crippen LogP) is 1.31. The number of hydrogen-bond donors (Lipinski definition) is 0. The SMILES string of the molecule is COc1ccc(C#N)cc1CC=O. The highest BCUT2D eigenvalue weighted by molar-refractivity contribution is 5.58. The number of hydrogen-bond acceptors (Lipinski definition) is 3. The van der Waals surface area contributed by atoms with Crippen molar-refractivity contribution in [2.75, 3.05) is 7.11 Å². The van der Waals surface area contributed by atoms with E-state index in [4.69, 9.17) is 10.00 Å². The molecule has 1 aromatic carbocycles. The van der Waals surface area contributed by atoms with Crippen LogP contribution in [0.15, 0.2) is 18.2 Å². The van der Waals surface area contributed by atoms with E-state index < -0.39 is 0 Å². The standard InChI is InChI=1S/C10H9NO2/c1-13-10-3-2-8(7-11)6-9(10)4-5-12/h2-3,5-6H,4H2,1H3. The van der Waals surface area contributed by atoms with Gasteiger partial charge in [-0.25, -0.2) is 0 Å². The monoisotopic (exact) mass is 175 g/mol. The van der Waals surface area contributed by atoms with E-state index in [0.717, 1.165) is 11.8 Å². The molecular formula is C10H9NO2. The lowest BCUT2D eigenvalue weighted by Crippen LogP contribution is -1.93. The van der Waals surface area contributed by atoms with Gasteiger partial charge in [-0.15, -0.1) is 0 Å². The second-order valence-electron chi connectivity index (χ2n) is 2.51. The Hall–Kier alpha value is -1.82. The number of ether oxygens (including phenoxy) is 1. The van der Waals surface area contributed by atoms with Gasteiger partial charge in [0, 0.05) is 12.0 Å². The molecular weight excluding hydrogens is 166 g/mol. The minimum Gasteiger partial charge on any atom is -0.496 e. The molecule has 0 aliphatic rings. The zero-order valence-electron chi connectivity index (χ0n) is 7.28. The second kappa shape index (κ2) is 4.27. The lowest BCUT2D eigenvalue weighted by atomic mass is 10.1. The Morgan fingerprint density at radius 3 is 2.92 bits per heavy atom. The van der Waals surface area contributed by atoms with Crippen molar-refractivity contribution in [2.45, 2.75) is 6.42 Å². The minimum absolute atomic E-state index is 0.276. The molecule has 0 aromatic heterocycles. The first-order valence-corrected chi connectivity index (χ1v) is 3.82. The van der Waals surface area contributed by atoms with E-state index in [1.54, 1.807) is 18.2 Å². The van der Waals surface area contributed by atoms with Gasteiger partial charge in [0.05, 0.1) is 18.7 Å². The number of nitriles is 1. The average Bonchev–Trinajstić information content (AvgIpc) is 2.18. The van der Waals surface area contributed by atoms with Crippen LogP contribution in [-0.2, 0) is 11.2 Å². The summed E-state index contributed by atoms with van der Waals surface area (Å²) in [4.78, 5) is 10.3. The molecule has 0 fully saturated rings. The van der Waals surface area contributed by atoms with E-state index >= 15 is 0 Å². The third-order valence-corrected chi connectivity index (χ3v) is 1.71. The Morgan fingerprint density at radius 1 is 1.62 bits per heavy atom. The van der Waals surface area contributed by atoms with Crippen molar-refractivity contribution in [1.82, 2.24) is 0 Å².